The van der Waals surface area contributed by atoms with Gasteiger partial charge in [-0.2, -0.15) is 0 Å². The Bertz CT molecular complexity index is 1380. The van der Waals surface area contributed by atoms with Gasteiger partial charge in [-0.05, 0) is 22.3 Å². The normalized spacial score (nSPS) is 15.2. The fourth-order valence-electron chi connectivity index (χ4n) is 4.05. The van der Waals surface area contributed by atoms with Crippen LogP contribution < -0.4 is 37.7 Å². The van der Waals surface area contributed by atoms with Gasteiger partial charge in [0.2, 0.25) is 18.7 Å². The molecule has 0 amide bonds. The van der Waals surface area contributed by atoms with E-state index in [1.54, 1.807) is 0 Å². The first-order valence-corrected chi connectivity index (χ1v) is 14.6. The molecule has 2 aliphatic rings. The van der Waals surface area contributed by atoms with Gasteiger partial charge in [0.05, 0.1) is 11.4 Å². The van der Waals surface area contributed by atoms with Gasteiger partial charge in [-0.1, -0.05) is 133 Å². The standard InChI is InChI=1S/C30H22N4OSi2.2Li/c1-5-13-23(14-6-1)27-21-28(24-15-7-2-8-16-24)32-36(31-27)35-37-33-29(25-17-9-3-10-18-25)22-30(34-37)26-19-11-4-12-20-26;;/h1-22H;;/q-2;2*+1. The predicted octanol–water partition coefficient (Wildman–Crippen LogP) is 0.816. The van der Waals surface area contributed by atoms with Gasteiger partial charge in [-0.15, -0.1) is 11.4 Å². The van der Waals surface area contributed by atoms with Crippen LogP contribution in [-0.2, 0) is 4.12 Å². The van der Waals surface area contributed by atoms with Crippen LogP contribution in [0.5, 0.6) is 0 Å². The Balaban J connectivity index is 0.00000176. The molecule has 0 fully saturated rings. The molecule has 0 atom stereocenters. The summed E-state index contributed by atoms with van der Waals surface area (Å²) < 4.78 is 16.4. The van der Waals surface area contributed by atoms with Gasteiger partial charge >= 0.3 is 37.7 Å². The van der Waals surface area contributed by atoms with Crippen LogP contribution in [0.15, 0.2) is 143 Å². The van der Waals surface area contributed by atoms with E-state index in [0.29, 0.717) is 0 Å². The third-order valence-corrected chi connectivity index (χ3v) is 9.06. The van der Waals surface area contributed by atoms with Gasteiger partial charge in [-0.3, -0.25) is 0 Å². The van der Waals surface area contributed by atoms with Crippen LogP contribution in [0.25, 0.3) is 21.4 Å². The summed E-state index contributed by atoms with van der Waals surface area (Å²) in [5, 5.41) is 0. The van der Waals surface area contributed by atoms with Crippen LogP contribution in [0, 0.1) is 0 Å². The van der Waals surface area contributed by atoms with Crippen molar-refractivity contribution >= 4 is 41.5 Å². The molecule has 0 saturated heterocycles. The van der Waals surface area contributed by atoms with Crippen molar-refractivity contribution < 1.29 is 41.8 Å². The first kappa shape index (κ1) is 28.9. The van der Waals surface area contributed by atoms with Gasteiger partial charge in [0.25, 0.3) is 0 Å². The van der Waals surface area contributed by atoms with E-state index in [9.17, 15) is 0 Å². The van der Waals surface area contributed by atoms with E-state index < -0.39 is 18.7 Å². The summed E-state index contributed by atoms with van der Waals surface area (Å²) in [6.07, 6.45) is 4.07. The van der Waals surface area contributed by atoms with E-state index in [1.807, 2.05) is 84.9 Å². The van der Waals surface area contributed by atoms with Gasteiger partial charge < -0.3 is 23.4 Å². The molecule has 9 heteroatoms. The Hall–Kier alpha value is -3.11. The summed E-state index contributed by atoms with van der Waals surface area (Å²) in [5.74, 6) is 0. The average molecular weight is 525 g/mol. The molecule has 2 radical (unpaired) electrons. The van der Waals surface area contributed by atoms with Crippen LogP contribution in [0.4, 0.5) is 0 Å². The van der Waals surface area contributed by atoms with Crippen LogP contribution in [0.2, 0.25) is 0 Å². The van der Waals surface area contributed by atoms with Crippen molar-refractivity contribution in [2.45, 2.75) is 0 Å². The quantitative estimate of drug-likeness (QED) is 0.345. The van der Waals surface area contributed by atoms with E-state index >= 15 is 0 Å². The maximum absolute atomic E-state index is 6.55. The number of rotatable bonds is 6. The first-order valence-electron chi connectivity index (χ1n) is 12.0. The molecular weight excluding hydrogens is 502 g/mol. The molecule has 4 aromatic carbocycles. The second-order valence-electron chi connectivity index (χ2n) is 8.41. The van der Waals surface area contributed by atoms with Crippen molar-refractivity contribution in [1.29, 1.82) is 0 Å². The molecule has 39 heavy (non-hydrogen) atoms. The molecule has 2 heterocycles. The molecule has 6 rings (SSSR count). The van der Waals surface area contributed by atoms with Crippen molar-refractivity contribution in [2.24, 2.45) is 9.32 Å². The van der Waals surface area contributed by atoms with Crippen LogP contribution in [0.1, 0.15) is 22.3 Å². The van der Waals surface area contributed by atoms with Gasteiger partial charge in [0.1, 0.15) is 0 Å². The summed E-state index contributed by atoms with van der Waals surface area (Å²) in [6, 6.07) is 40.6. The minimum absolute atomic E-state index is 0. The SMILES string of the molecule is C1=C(c2ccccc2)[N-][Si](O[Si]2N=C(c3ccccc3)C=C(c3ccccc3)[N-]2)N=C1c1ccccc1.[Li+].[Li+]. The monoisotopic (exact) mass is 524 g/mol. The zero-order valence-corrected chi connectivity index (χ0v) is 23.9. The molecule has 0 aromatic heterocycles. The fraction of sp³-hybridized carbons (Fsp3) is 0. The topological polar surface area (TPSA) is 62.1 Å². The molecule has 178 valence electrons. The molecule has 2 aliphatic heterocycles. The van der Waals surface area contributed by atoms with E-state index in [-0.39, 0.29) is 37.7 Å². The Kier molecular flexibility index (Phi) is 10.2. The van der Waals surface area contributed by atoms with Crippen molar-refractivity contribution in [2.75, 3.05) is 0 Å². The summed E-state index contributed by atoms with van der Waals surface area (Å²) in [7, 11) is -3.97. The summed E-state index contributed by atoms with van der Waals surface area (Å²) in [6.45, 7) is 0. The maximum Gasteiger partial charge on any atom is 1.00 e. The van der Waals surface area contributed by atoms with Crippen LogP contribution in [0.3, 0.4) is 0 Å². The Morgan fingerprint density at radius 1 is 0.436 bits per heavy atom. The number of hydrogen-bond donors (Lipinski definition) is 0. The molecule has 0 unspecified atom stereocenters. The van der Waals surface area contributed by atoms with Gasteiger partial charge in [0, 0.05) is 0 Å². The summed E-state index contributed by atoms with van der Waals surface area (Å²) in [4.78, 5) is 9.89. The molecule has 0 saturated carbocycles. The molecule has 0 N–H and O–H groups in total. The fourth-order valence-corrected chi connectivity index (χ4v) is 7.13. The average Bonchev–Trinajstić information content (AvgIpc) is 2.99. The molecule has 0 bridgehead atoms. The zero-order valence-electron chi connectivity index (χ0n) is 21.9. The third kappa shape index (κ3) is 7.10. The number of hydrogen-bond acceptors (Lipinski definition) is 3. The van der Waals surface area contributed by atoms with E-state index in [0.717, 1.165) is 45.1 Å². The molecule has 4 aromatic rings. The Labute approximate surface area is 257 Å². The number of benzene rings is 4. The number of allylic oxidation sites excluding steroid dienone is 2. The minimum atomic E-state index is -1.98. The van der Waals surface area contributed by atoms with Crippen molar-refractivity contribution in [3.05, 3.63) is 166 Å². The van der Waals surface area contributed by atoms with Crippen molar-refractivity contribution in [3.8, 4) is 0 Å². The molecule has 0 aliphatic carbocycles. The van der Waals surface area contributed by atoms with E-state index in [2.05, 4.69) is 48.5 Å². The zero-order chi connectivity index (χ0) is 24.9. The van der Waals surface area contributed by atoms with Crippen molar-refractivity contribution in [3.63, 3.8) is 0 Å². The van der Waals surface area contributed by atoms with E-state index in [4.69, 9.17) is 23.4 Å². The summed E-state index contributed by atoms with van der Waals surface area (Å²) in [5.41, 5.74) is 7.61. The largest absolute Gasteiger partial charge is 1.00 e. The predicted molar refractivity (Wildman–Crippen MR) is 154 cm³/mol. The molecular formula is C30H22Li2N4OSi2. The smallest absolute Gasteiger partial charge is 0.647 e. The van der Waals surface area contributed by atoms with Crippen molar-refractivity contribution in [1.82, 2.24) is 0 Å². The molecule has 0 spiro atoms. The Morgan fingerprint density at radius 2 is 0.744 bits per heavy atom. The maximum atomic E-state index is 6.55. The first-order chi connectivity index (χ1) is 18.3. The van der Waals surface area contributed by atoms with Crippen LogP contribution in [-0.4, -0.2) is 30.2 Å². The second-order valence-corrected chi connectivity index (χ2v) is 11.2. The minimum Gasteiger partial charge on any atom is -0.647 e. The van der Waals surface area contributed by atoms with E-state index in [1.165, 1.54) is 0 Å². The Morgan fingerprint density at radius 3 is 1.08 bits per heavy atom. The van der Waals surface area contributed by atoms with Gasteiger partial charge in [-0.25, -0.2) is 0 Å². The third-order valence-electron chi connectivity index (χ3n) is 5.87. The molecule has 5 nitrogen and oxygen atoms in total. The summed E-state index contributed by atoms with van der Waals surface area (Å²) >= 11 is 0. The van der Waals surface area contributed by atoms with Crippen LogP contribution >= 0.6 is 0 Å². The van der Waals surface area contributed by atoms with Gasteiger partial charge in [0.15, 0.2) is 0 Å². The second kappa shape index (κ2) is 13.8. The number of nitrogens with zero attached hydrogens (tertiary/aromatic N) is 4.